The lowest BCUT2D eigenvalue weighted by Gasteiger charge is -2.19. The Hall–Kier alpha value is -3.11. The van der Waals surface area contributed by atoms with Gasteiger partial charge >= 0.3 is 5.97 Å². The molecule has 1 saturated heterocycles. The van der Waals surface area contributed by atoms with Gasteiger partial charge in [0, 0.05) is 35.6 Å². The zero-order valence-electron chi connectivity index (χ0n) is 18.3. The van der Waals surface area contributed by atoms with E-state index < -0.39 is 5.97 Å². The second-order valence-electron chi connectivity index (χ2n) is 7.94. The van der Waals surface area contributed by atoms with Gasteiger partial charge in [0.15, 0.2) is 0 Å². The number of nitrogens with one attached hydrogen (secondary N) is 2. The van der Waals surface area contributed by atoms with Crippen molar-refractivity contribution in [1.82, 2.24) is 5.48 Å². The lowest BCUT2D eigenvalue weighted by atomic mass is 9.95. The lowest BCUT2D eigenvalue weighted by molar-refractivity contribution is 0.0296. The molecule has 0 amide bonds. The maximum atomic E-state index is 11.8. The highest BCUT2D eigenvalue weighted by Gasteiger charge is 2.36. The number of nitrogens with zero attached hydrogens (tertiary/aromatic N) is 2. The first-order chi connectivity index (χ1) is 15.9. The molecular formula is C25H25IN4O3. The number of anilines is 2. The summed E-state index contributed by atoms with van der Waals surface area (Å²) >= 11 is 2.10. The quantitative estimate of drug-likeness (QED) is 0.352. The topological polar surface area (TPSA) is 86.2 Å². The van der Waals surface area contributed by atoms with Crippen LogP contribution < -0.4 is 15.7 Å². The molecule has 0 aromatic heterocycles. The number of carboxylic acids is 1. The first-order valence-electron chi connectivity index (χ1n) is 10.5. The van der Waals surface area contributed by atoms with Crippen molar-refractivity contribution >= 4 is 51.5 Å². The zero-order chi connectivity index (χ0) is 23.4. The van der Waals surface area contributed by atoms with Crippen LogP contribution in [-0.4, -0.2) is 37.6 Å². The van der Waals surface area contributed by atoms with E-state index in [1.54, 1.807) is 12.1 Å². The third-order valence-corrected chi connectivity index (χ3v) is 6.15. The largest absolute Gasteiger partial charge is 0.478 e. The molecule has 1 aliphatic heterocycles. The van der Waals surface area contributed by atoms with Crippen molar-refractivity contribution in [3.8, 4) is 0 Å². The van der Waals surface area contributed by atoms with E-state index in [2.05, 4.69) is 50.5 Å². The number of rotatable bonds is 7. The average Bonchev–Trinajstić information content (AvgIpc) is 3.21. The van der Waals surface area contributed by atoms with Gasteiger partial charge in [-0.25, -0.2) is 9.79 Å². The van der Waals surface area contributed by atoms with Gasteiger partial charge in [0.1, 0.15) is 11.9 Å². The van der Waals surface area contributed by atoms with Crippen LogP contribution in [0.15, 0.2) is 77.8 Å². The smallest absolute Gasteiger partial charge is 0.337 e. The van der Waals surface area contributed by atoms with Crippen molar-refractivity contribution in [3.05, 3.63) is 87.5 Å². The Morgan fingerprint density at radius 1 is 1.12 bits per heavy atom. The molecule has 0 saturated carbocycles. The second-order valence-corrected chi connectivity index (χ2v) is 9.19. The summed E-state index contributed by atoms with van der Waals surface area (Å²) < 4.78 is 0.839. The number of amidine groups is 1. The van der Waals surface area contributed by atoms with Crippen LogP contribution in [0.1, 0.15) is 22.0 Å². The summed E-state index contributed by atoms with van der Waals surface area (Å²) in [5.74, 6) is -0.582. The molecule has 0 aliphatic carbocycles. The van der Waals surface area contributed by atoms with E-state index >= 15 is 0 Å². The molecule has 1 aliphatic rings. The second kappa shape index (κ2) is 10.2. The van der Waals surface area contributed by atoms with Crippen LogP contribution >= 0.6 is 22.6 Å². The fraction of sp³-hybridized carbons (Fsp3) is 0.200. The minimum Gasteiger partial charge on any atom is -0.478 e. The highest BCUT2D eigenvalue weighted by atomic mass is 127. The lowest BCUT2D eigenvalue weighted by Crippen LogP contribution is -2.26. The van der Waals surface area contributed by atoms with Gasteiger partial charge < -0.3 is 15.3 Å². The van der Waals surface area contributed by atoms with Crippen LogP contribution in [0.4, 0.5) is 17.1 Å². The zero-order valence-corrected chi connectivity index (χ0v) is 20.5. The molecule has 3 aromatic rings. The minimum atomic E-state index is -1.01. The van der Waals surface area contributed by atoms with Crippen molar-refractivity contribution < 1.29 is 14.7 Å². The van der Waals surface area contributed by atoms with Gasteiger partial charge in [-0.2, -0.15) is 0 Å². The Morgan fingerprint density at radius 3 is 2.52 bits per heavy atom. The van der Waals surface area contributed by atoms with E-state index in [0.717, 1.165) is 20.5 Å². The fourth-order valence-corrected chi connectivity index (χ4v) is 4.18. The molecule has 3 N–H and O–H groups in total. The van der Waals surface area contributed by atoms with E-state index in [1.165, 1.54) is 0 Å². The van der Waals surface area contributed by atoms with Crippen molar-refractivity contribution in [3.63, 3.8) is 0 Å². The molecule has 8 heteroatoms. The summed E-state index contributed by atoms with van der Waals surface area (Å²) in [5.41, 5.74) is 6.62. The molecule has 0 bridgehead atoms. The van der Waals surface area contributed by atoms with Gasteiger partial charge in [0.05, 0.1) is 17.2 Å². The van der Waals surface area contributed by atoms with E-state index in [4.69, 9.17) is 4.84 Å². The number of carboxylic acid groups (broad SMARTS) is 1. The number of aromatic carboxylic acids is 1. The van der Waals surface area contributed by atoms with Crippen molar-refractivity contribution in [2.75, 3.05) is 30.9 Å². The standard InChI is InChI=1S/C25H25IN4O3/c1-30(2)19-11-8-16(9-12-19)23-21(15-27-18-6-4-3-5-7-18)24(29-33-23)28-22-13-10-17(26)14-20(22)25(31)32/h3-14,21,23,27H,15H2,1-2H3,(H,28,29)(H,31,32). The SMILES string of the molecule is CN(C)c1ccc(C2ONC(=Nc3ccc(I)cc3C(=O)O)C2CNc2ccccc2)cc1. The molecule has 3 aromatic carbocycles. The summed E-state index contributed by atoms with van der Waals surface area (Å²) in [4.78, 5) is 24.5. The van der Waals surface area contributed by atoms with Crippen LogP contribution in [0.25, 0.3) is 0 Å². The number of para-hydroxylation sites is 1. The minimum absolute atomic E-state index is 0.156. The summed E-state index contributed by atoms with van der Waals surface area (Å²) in [6.45, 7) is 0.558. The Balaban J connectivity index is 1.67. The number of hydrogen-bond acceptors (Lipinski definition) is 5. The number of hydrogen-bond donors (Lipinski definition) is 3. The van der Waals surface area contributed by atoms with Crippen LogP contribution in [-0.2, 0) is 4.84 Å². The van der Waals surface area contributed by atoms with E-state index in [0.29, 0.717) is 18.1 Å². The molecule has 2 atom stereocenters. The Kier molecular flexibility index (Phi) is 7.14. The predicted octanol–water partition coefficient (Wildman–Crippen LogP) is 5.09. The van der Waals surface area contributed by atoms with Gasteiger partial charge in [0.25, 0.3) is 0 Å². The van der Waals surface area contributed by atoms with Crippen molar-refractivity contribution in [2.24, 2.45) is 10.9 Å². The van der Waals surface area contributed by atoms with E-state index in [9.17, 15) is 9.90 Å². The number of halogens is 1. The van der Waals surface area contributed by atoms with Crippen molar-refractivity contribution in [2.45, 2.75) is 6.10 Å². The third-order valence-electron chi connectivity index (χ3n) is 5.47. The average molecular weight is 556 g/mol. The number of carbonyl (C=O) groups is 1. The molecule has 1 fully saturated rings. The van der Waals surface area contributed by atoms with Gasteiger partial charge in [-0.15, -0.1) is 0 Å². The monoisotopic (exact) mass is 556 g/mol. The van der Waals surface area contributed by atoms with Crippen LogP contribution in [0.3, 0.4) is 0 Å². The van der Waals surface area contributed by atoms with Gasteiger partial charge in [-0.1, -0.05) is 30.3 Å². The molecule has 7 nitrogen and oxygen atoms in total. The highest BCUT2D eigenvalue weighted by Crippen LogP contribution is 2.34. The van der Waals surface area contributed by atoms with Crippen LogP contribution in [0.2, 0.25) is 0 Å². The molecule has 4 rings (SSSR count). The van der Waals surface area contributed by atoms with Crippen molar-refractivity contribution in [1.29, 1.82) is 0 Å². The fourth-order valence-electron chi connectivity index (χ4n) is 3.69. The molecule has 170 valence electrons. The van der Waals surface area contributed by atoms with Gasteiger partial charge in [0.2, 0.25) is 0 Å². The molecule has 1 heterocycles. The van der Waals surface area contributed by atoms with E-state index in [-0.39, 0.29) is 17.6 Å². The molecule has 0 spiro atoms. The Bertz CT molecular complexity index is 1150. The third kappa shape index (κ3) is 5.45. The normalized spacial score (nSPS) is 18.7. The van der Waals surface area contributed by atoms with Gasteiger partial charge in [-0.05, 0) is 70.6 Å². The molecular weight excluding hydrogens is 531 g/mol. The summed E-state index contributed by atoms with van der Waals surface area (Å²) in [5, 5.41) is 13.1. The highest BCUT2D eigenvalue weighted by molar-refractivity contribution is 14.1. The van der Waals surface area contributed by atoms with Crippen LogP contribution in [0.5, 0.6) is 0 Å². The molecule has 33 heavy (non-hydrogen) atoms. The molecule has 0 radical (unpaired) electrons. The predicted molar refractivity (Wildman–Crippen MR) is 139 cm³/mol. The summed E-state index contributed by atoms with van der Waals surface area (Å²) in [7, 11) is 4.00. The molecule has 2 unspecified atom stereocenters. The maximum Gasteiger partial charge on any atom is 0.337 e. The summed E-state index contributed by atoms with van der Waals surface area (Å²) in [6, 6.07) is 23.3. The van der Waals surface area contributed by atoms with Gasteiger partial charge in [-0.3, -0.25) is 10.3 Å². The number of benzene rings is 3. The van der Waals surface area contributed by atoms with E-state index in [1.807, 2.05) is 67.5 Å². The Morgan fingerprint density at radius 2 is 1.85 bits per heavy atom. The Labute approximate surface area is 206 Å². The number of hydroxylamine groups is 1. The first kappa shape index (κ1) is 23.1. The van der Waals surface area contributed by atoms with Crippen LogP contribution in [0, 0.1) is 9.49 Å². The first-order valence-corrected chi connectivity index (χ1v) is 11.6. The number of aliphatic imine (C=N–C) groups is 1. The maximum absolute atomic E-state index is 11.8. The summed E-state index contributed by atoms with van der Waals surface area (Å²) in [6.07, 6.45) is -0.284.